The molecule has 1 aromatic rings. The summed E-state index contributed by atoms with van der Waals surface area (Å²) in [6, 6.07) is 2.73. The molecule has 1 aromatic heterocycles. The van der Waals surface area contributed by atoms with Crippen LogP contribution in [-0.4, -0.2) is 44.3 Å². The van der Waals surface area contributed by atoms with Crippen molar-refractivity contribution in [3.8, 4) is 0 Å². The minimum Gasteiger partial charge on any atom is -0.374 e. The van der Waals surface area contributed by atoms with Gasteiger partial charge in [0.15, 0.2) is 0 Å². The Morgan fingerprint density at radius 1 is 1.69 bits per heavy atom. The molecule has 0 amide bonds. The monoisotopic (exact) mass is 240 g/mol. The van der Waals surface area contributed by atoms with E-state index in [-0.39, 0.29) is 0 Å². The van der Waals surface area contributed by atoms with Crippen molar-refractivity contribution in [2.24, 2.45) is 0 Å². The van der Waals surface area contributed by atoms with E-state index in [0.717, 1.165) is 26.2 Å². The van der Waals surface area contributed by atoms with Crippen LogP contribution in [0.2, 0.25) is 0 Å². The highest BCUT2D eigenvalue weighted by Crippen LogP contribution is 2.24. The van der Waals surface area contributed by atoms with Crippen molar-refractivity contribution in [3.05, 3.63) is 22.4 Å². The molecule has 2 unspecified atom stereocenters. The number of hydrogen-bond donors (Lipinski definition) is 1. The van der Waals surface area contributed by atoms with Gasteiger partial charge in [0.2, 0.25) is 0 Å². The summed E-state index contributed by atoms with van der Waals surface area (Å²) in [6.45, 7) is 6.13. The maximum absolute atomic E-state index is 5.71. The summed E-state index contributed by atoms with van der Waals surface area (Å²) in [5.74, 6) is 0. The Labute approximate surface area is 101 Å². The molecule has 4 heteroatoms. The summed E-state index contributed by atoms with van der Waals surface area (Å²) < 4.78 is 5.71. The van der Waals surface area contributed by atoms with E-state index in [9.17, 15) is 0 Å². The fraction of sp³-hybridized carbons (Fsp3) is 0.667. The lowest BCUT2D eigenvalue weighted by molar-refractivity contribution is -0.0392. The molecule has 3 nitrogen and oxygen atoms in total. The van der Waals surface area contributed by atoms with E-state index in [4.69, 9.17) is 4.74 Å². The molecular weight excluding hydrogens is 220 g/mol. The zero-order chi connectivity index (χ0) is 11.4. The summed E-state index contributed by atoms with van der Waals surface area (Å²) in [7, 11) is 1.98. The van der Waals surface area contributed by atoms with Gasteiger partial charge in [-0.15, -0.1) is 0 Å². The maximum atomic E-state index is 5.71. The molecule has 2 heterocycles. The third kappa shape index (κ3) is 2.83. The summed E-state index contributed by atoms with van der Waals surface area (Å²) in [5.41, 5.74) is 1.43. The van der Waals surface area contributed by atoms with Crippen molar-refractivity contribution in [3.63, 3.8) is 0 Å². The Kier molecular flexibility index (Phi) is 4.35. The number of hydrogen-bond acceptors (Lipinski definition) is 4. The summed E-state index contributed by atoms with van der Waals surface area (Å²) in [4.78, 5) is 2.51. The number of ether oxygens (including phenoxy) is 1. The number of likely N-dealkylation sites (N-methyl/N-ethyl adjacent to an activating group) is 1. The Balaban J connectivity index is 1.93. The second-order valence-corrected chi connectivity index (χ2v) is 5.06. The van der Waals surface area contributed by atoms with Crippen LogP contribution in [0.3, 0.4) is 0 Å². The number of morpholine rings is 1. The molecule has 2 atom stereocenters. The molecule has 0 aromatic carbocycles. The predicted molar refractivity (Wildman–Crippen MR) is 68.0 cm³/mol. The highest BCUT2D eigenvalue weighted by molar-refractivity contribution is 7.07. The molecular formula is C12H20N2OS. The van der Waals surface area contributed by atoms with Crippen molar-refractivity contribution >= 4 is 11.3 Å². The van der Waals surface area contributed by atoms with Gasteiger partial charge in [0, 0.05) is 25.7 Å². The third-order valence-corrected chi connectivity index (χ3v) is 3.88. The van der Waals surface area contributed by atoms with E-state index in [1.54, 1.807) is 11.3 Å². The predicted octanol–water partition coefficient (Wildman–Crippen LogP) is 1.73. The molecule has 90 valence electrons. The Morgan fingerprint density at radius 3 is 3.25 bits per heavy atom. The van der Waals surface area contributed by atoms with E-state index in [1.807, 2.05) is 7.05 Å². The van der Waals surface area contributed by atoms with E-state index >= 15 is 0 Å². The molecule has 0 saturated carbocycles. The first-order chi connectivity index (χ1) is 7.81. The van der Waals surface area contributed by atoms with Gasteiger partial charge in [-0.1, -0.05) is 0 Å². The van der Waals surface area contributed by atoms with Crippen molar-refractivity contribution in [1.82, 2.24) is 10.2 Å². The lowest BCUT2D eigenvalue weighted by Crippen LogP contribution is -2.46. The maximum Gasteiger partial charge on any atom is 0.0826 e. The third-order valence-electron chi connectivity index (χ3n) is 3.18. The molecule has 0 radical (unpaired) electrons. The van der Waals surface area contributed by atoms with Gasteiger partial charge in [-0.2, -0.15) is 11.3 Å². The van der Waals surface area contributed by atoms with Gasteiger partial charge in [-0.05, 0) is 36.4 Å². The Bertz CT molecular complexity index is 300. The van der Waals surface area contributed by atoms with Crippen LogP contribution in [-0.2, 0) is 4.74 Å². The van der Waals surface area contributed by atoms with Crippen LogP contribution in [0.25, 0.3) is 0 Å². The van der Waals surface area contributed by atoms with Gasteiger partial charge in [0.05, 0.1) is 12.7 Å². The standard InChI is InChI=1S/C12H20N2OS/c1-10(11-3-6-16-9-11)14-4-5-15-12(8-14)7-13-2/h3,6,9-10,12-13H,4-5,7-8H2,1-2H3. The zero-order valence-corrected chi connectivity index (χ0v) is 10.8. The lowest BCUT2D eigenvalue weighted by atomic mass is 10.1. The molecule has 0 bridgehead atoms. The van der Waals surface area contributed by atoms with Crippen LogP contribution in [0.1, 0.15) is 18.5 Å². The first-order valence-corrected chi connectivity index (χ1v) is 6.78. The van der Waals surface area contributed by atoms with E-state index < -0.39 is 0 Å². The largest absolute Gasteiger partial charge is 0.374 e. The number of rotatable bonds is 4. The topological polar surface area (TPSA) is 24.5 Å². The van der Waals surface area contributed by atoms with E-state index in [0.29, 0.717) is 12.1 Å². The Morgan fingerprint density at radius 2 is 2.56 bits per heavy atom. The molecule has 16 heavy (non-hydrogen) atoms. The quantitative estimate of drug-likeness (QED) is 0.867. The molecule has 1 fully saturated rings. The molecule has 0 aliphatic carbocycles. The molecule has 1 aliphatic heterocycles. The van der Waals surface area contributed by atoms with Gasteiger partial charge in [0.1, 0.15) is 0 Å². The van der Waals surface area contributed by atoms with Gasteiger partial charge in [-0.3, -0.25) is 4.90 Å². The van der Waals surface area contributed by atoms with Gasteiger partial charge < -0.3 is 10.1 Å². The fourth-order valence-corrected chi connectivity index (χ4v) is 2.92. The number of nitrogens with zero attached hydrogens (tertiary/aromatic N) is 1. The molecule has 1 N–H and O–H groups in total. The highest BCUT2D eigenvalue weighted by atomic mass is 32.1. The van der Waals surface area contributed by atoms with Gasteiger partial charge in [-0.25, -0.2) is 0 Å². The minimum absolute atomic E-state index is 0.333. The van der Waals surface area contributed by atoms with E-state index in [1.165, 1.54) is 5.56 Å². The van der Waals surface area contributed by atoms with Crippen LogP contribution in [0, 0.1) is 0 Å². The van der Waals surface area contributed by atoms with Crippen LogP contribution >= 0.6 is 11.3 Å². The second kappa shape index (κ2) is 5.77. The minimum atomic E-state index is 0.333. The summed E-state index contributed by atoms with van der Waals surface area (Å²) in [6.07, 6.45) is 0.333. The van der Waals surface area contributed by atoms with Crippen LogP contribution in [0.15, 0.2) is 16.8 Å². The van der Waals surface area contributed by atoms with Crippen LogP contribution < -0.4 is 5.32 Å². The molecule has 0 spiro atoms. The summed E-state index contributed by atoms with van der Waals surface area (Å²) in [5, 5.41) is 7.58. The number of nitrogens with one attached hydrogen (secondary N) is 1. The average Bonchev–Trinajstić information content (AvgIpc) is 2.82. The number of thiophene rings is 1. The fourth-order valence-electron chi connectivity index (χ4n) is 2.17. The second-order valence-electron chi connectivity index (χ2n) is 4.28. The SMILES string of the molecule is CNCC1CN(C(C)c2ccsc2)CCO1. The van der Waals surface area contributed by atoms with Crippen molar-refractivity contribution in [1.29, 1.82) is 0 Å². The first-order valence-electron chi connectivity index (χ1n) is 5.83. The smallest absolute Gasteiger partial charge is 0.0826 e. The van der Waals surface area contributed by atoms with Crippen LogP contribution in [0.4, 0.5) is 0 Å². The van der Waals surface area contributed by atoms with Gasteiger partial charge >= 0.3 is 0 Å². The van der Waals surface area contributed by atoms with E-state index in [2.05, 4.69) is 34.0 Å². The first kappa shape index (κ1) is 12.0. The summed E-state index contributed by atoms with van der Waals surface area (Å²) >= 11 is 1.77. The molecule has 1 aliphatic rings. The normalized spacial score (nSPS) is 24.5. The average molecular weight is 240 g/mol. The lowest BCUT2D eigenvalue weighted by Gasteiger charge is -2.36. The van der Waals surface area contributed by atoms with Gasteiger partial charge in [0.25, 0.3) is 0 Å². The highest BCUT2D eigenvalue weighted by Gasteiger charge is 2.24. The van der Waals surface area contributed by atoms with Crippen LogP contribution in [0.5, 0.6) is 0 Å². The van der Waals surface area contributed by atoms with Crippen molar-refractivity contribution in [2.75, 3.05) is 33.3 Å². The molecule has 1 saturated heterocycles. The Hall–Kier alpha value is -0.420. The van der Waals surface area contributed by atoms with Crippen molar-refractivity contribution < 1.29 is 4.74 Å². The van der Waals surface area contributed by atoms with Crippen molar-refractivity contribution in [2.45, 2.75) is 19.1 Å². The zero-order valence-electron chi connectivity index (χ0n) is 9.98. The molecule has 2 rings (SSSR count).